The van der Waals surface area contributed by atoms with E-state index in [-0.39, 0.29) is 0 Å². The van der Waals surface area contributed by atoms with Gasteiger partial charge in [-0.15, -0.1) is 0 Å². The first-order valence-corrected chi connectivity index (χ1v) is 8.27. The highest BCUT2D eigenvalue weighted by atomic mass is 32.2. The van der Waals surface area contributed by atoms with Crippen LogP contribution >= 0.6 is 0 Å². The van der Waals surface area contributed by atoms with Crippen LogP contribution in [0.15, 0.2) is 23.0 Å². The van der Waals surface area contributed by atoms with Crippen molar-refractivity contribution < 1.29 is 12.8 Å². The van der Waals surface area contributed by atoms with Gasteiger partial charge < -0.3 is 9.73 Å². The predicted octanol–water partition coefficient (Wildman–Crippen LogP) is 1.28. The summed E-state index contributed by atoms with van der Waals surface area (Å²) >= 11 is 0. The Bertz CT molecular complexity index is 459. The molecule has 1 aromatic heterocycles. The molecule has 0 atom stereocenters. The largest absolute Gasteiger partial charge is 0.472 e. The molecule has 0 aliphatic rings. The lowest BCUT2D eigenvalue weighted by atomic mass is 10.3. The van der Waals surface area contributed by atoms with Gasteiger partial charge in [0.1, 0.15) is 0 Å². The minimum absolute atomic E-state index is 0.317. The molecule has 0 fully saturated rings. The van der Waals surface area contributed by atoms with E-state index in [1.165, 1.54) is 8.61 Å². The zero-order valence-electron chi connectivity index (χ0n) is 12.5. The Morgan fingerprint density at radius 1 is 1.25 bits per heavy atom. The fraction of sp³-hybridized carbons (Fsp3) is 0.692. The van der Waals surface area contributed by atoms with Gasteiger partial charge in [0, 0.05) is 32.7 Å². The average molecular weight is 303 g/mol. The molecule has 6 nitrogen and oxygen atoms in total. The van der Waals surface area contributed by atoms with E-state index in [2.05, 4.69) is 12.2 Å². The van der Waals surface area contributed by atoms with Gasteiger partial charge >= 0.3 is 0 Å². The normalized spacial score (nSPS) is 12.4. The van der Waals surface area contributed by atoms with Crippen LogP contribution in [-0.2, 0) is 16.8 Å². The van der Waals surface area contributed by atoms with Crippen LogP contribution in [0.5, 0.6) is 0 Å². The monoisotopic (exact) mass is 303 g/mol. The molecule has 7 heteroatoms. The number of hydrogen-bond acceptors (Lipinski definition) is 4. The lowest BCUT2D eigenvalue weighted by Crippen LogP contribution is -2.40. The number of rotatable bonds is 10. The van der Waals surface area contributed by atoms with Crippen LogP contribution in [0.1, 0.15) is 25.3 Å². The molecular formula is C13H25N3O3S. The highest BCUT2D eigenvalue weighted by molar-refractivity contribution is 7.86. The van der Waals surface area contributed by atoms with Gasteiger partial charge in [0.2, 0.25) is 0 Å². The minimum atomic E-state index is -3.41. The molecular weight excluding hydrogens is 278 g/mol. The van der Waals surface area contributed by atoms with Crippen molar-refractivity contribution >= 4 is 10.2 Å². The van der Waals surface area contributed by atoms with E-state index in [1.807, 2.05) is 0 Å². The molecule has 0 radical (unpaired) electrons. The van der Waals surface area contributed by atoms with Crippen LogP contribution < -0.4 is 5.32 Å². The third-order valence-electron chi connectivity index (χ3n) is 3.03. The van der Waals surface area contributed by atoms with E-state index in [9.17, 15) is 8.42 Å². The molecule has 0 saturated heterocycles. The zero-order chi connectivity index (χ0) is 15.0. The Morgan fingerprint density at radius 2 is 2.00 bits per heavy atom. The van der Waals surface area contributed by atoms with Crippen molar-refractivity contribution in [3.05, 3.63) is 24.2 Å². The summed E-state index contributed by atoms with van der Waals surface area (Å²) in [4.78, 5) is 0. The van der Waals surface area contributed by atoms with Crippen molar-refractivity contribution in [2.75, 3.05) is 33.7 Å². The van der Waals surface area contributed by atoms with Gasteiger partial charge in [0.25, 0.3) is 10.2 Å². The van der Waals surface area contributed by atoms with E-state index in [0.29, 0.717) is 13.1 Å². The Morgan fingerprint density at radius 3 is 2.60 bits per heavy atom. The van der Waals surface area contributed by atoms with Gasteiger partial charge in [0.15, 0.2) is 0 Å². The van der Waals surface area contributed by atoms with Crippen molar-refractivity contribution in [3.8, 4) is 0 Å². The molecule has 0 aromatic carbocycles. The van der Waals surface area contributed by atoms with E-state index in [0.717, 1.165) is 31.5 Å². The second-order valence-corrected chi connectivity index (χ2v) is 6.96. The van der Waals surface area contributed by atoms with Crippen LogP contribution in [-0.4, -0.2) is 50.8 Å². The number of nitrogens with zero attached hydrogens (tertiary/aromatic N) is 2. The molecule has 0 aliphatic heterocycles. The summed E-state index contributed by atoms with van der Waals surface area (Å²) in [5.41, 5.74) is 0.842. The summed E-state index contributed by atoms with van der Waals surface area (Å²) in [6.07, 6.45) is 4.98. The molecule has 0 amide bonds. The van der Waals surface area contributed by atoms with Gasteiger partial charge in [-0.25, -0.2) is 0 Å². The average Bonchev–Trinajstić information content (AvgIpc) is 2.91. The Hall–Kier alpha value is -0.890. The first-order chi connectivity index (χ1) is 9.48. The summed E-state index contributed by atoms with van der Waals surface area (Å²) < 4.78 is 32.2. The first-order valence-electron chi connectivity index (χ1n) is 6.88. The van der Waals surface area contributed by atoms with Crippen LogP contribution in [0, 0.1) is 0 Å². The summed E-state index contributed by atoms with van der Waals surface area (Å²) in [7, 11) is -0.221. The Balaban J connectivity index is 2.41. The molecule has 0 bridgehead atoms. The maximum absolute atomic E-state index is 12.3. The van der Waals surface area contributed by atoms with Crippen molar-refractivity contribution in [2.45, 2.75) is 26.3 Å². The summed E-state index contributed by atoms with van der Waals surface area (Å²) in [6, 6.07) is 1.76. The van der Waals surface area contributed by atoms with E-state index in [1.54, 1.807) is 32.7 Å². The number of hydrogen-bond donors (Lipinski definition) is 1. The van der Waals surface area contributed by atoms with Crippen LogP contribution in [0.2, 0.25) is 0 Å². The molecule has 0 aliphatic carbocycles. The second kappa shape index (κ2) is 8.41. The molecule has 0 unspecified atom stereocenters. The van der Waals surface area contributed by atoms with Crippen LogP contribution in [0.3, 0.4) is 0 Å². The molecule has 1 N–H and O–H groups in total. The molecule has 20 heavy (non-hydrogen) atoms. The fourth-order valence-electron chi connectivity index (χ4n) is 1.80. The van der Waals surface area contributed by atoms with Gasteiger partial charge in [-0.3, -0.25) is 0 Å². The molecule has 0 spiro atoms. The van der Waals surface area contributed by atoms with Gasteiger partial charge in [0.05, 0.1) is 12.5 Å². The molecule has 1 heterocycles. The molecule has 1 rings (SSSR count). The molecule has 116 valence electrons. The quantitative estimate of drug-likeness (QED) is 0.661. The summed E-state index contributed by atoms with van der Waals surface area (Å²) in [6.45, 7) is 4.73. The fourth-order valence-corrected chi connectivity index (χ4v) is 2.95. The van der Waals surface area contributed by atoms with E-state index in [4.69, 9.17) is 4.42 Å². The van der Waals surface area contributed by atoms with Crippen LogP contribution in [0.4, 0.5) is 0 Å². The lowest BCUT2D eigenvalue weighted by molar-refractivity contribution is 0.383. The number of nitrogens with one attached hydrogen (secondary N) is 1. The minimum Gasteiger partial charge on any atom is -0.472 e. The Labute approximate surface area is 121 Å². The van der Waals surface area contributed by atoms with Crippen LogP contribution in [0.25, 0.3) is 0 Å². The molecule has 1 aromatic rings. The maximum Gasteiger partial charge on any atom is 0.281 e. The highest BCUT2D eigenvalue weighted by Gasteiger charge is 2.23. The van der Waals surface area contributed by atoms with Gasteiger partial charge in [-0.1, -0.05) is 6.92 Å². The lowest BCUT2D eigenvalue weighted by Gasteiger charge is -2.24. The van der Waals surface area contributed by atoms with E-state index < -0.39 is 10.2 Å². The second-order valence-electron chi connectivity index (χ2n) is 4.82. The van der Waals surface area contributed by atoms with Crippen molar-refractivity contribution in [3.63, 3.8) is 0 Å². The zero-order valence-corrected chi connectivity index (χ0v) is 13.3. The Kier molecular flexibility index (Phi) is 7.22. The number of furan rings is 1. The van der Waals surface area contributed by atoms with Crippen molar-refractivity contribution in [2.24, 2.45) is 0 Å². The smallest absolute Gasteiger partial charge is 0.281 e. The van der Waals surface area contributed by atoms with Crippen molar-refractivity contribution in [1.29, 1.82) is 0 Å². The van der Waals surface area contributed by atoms with E-state index >= 15 is 0 Å². The van der Waals surface area contributed by atoms with Gasteiger partial charge in [-0.05, 0) is 32.0 Å². The summed E-state index contributed by atoms with van der Waals surface area (Å²) in [5, 5.41) is 3.26. The standard InChI is InChI=1S/C13H25N3O3S/c1-4-7-14-8-5-9-15(2)20(17,18)16(3)11-13-6-10-19-12-13/h6,10,12,14H,4-5,7-9,11H2,1-3H3. The first kappa shape index (κ1) is 17.2. The third kappa shape index (κ3) is 5.24. The third-order valence-corrected chi connectivity index (χ3v) is 4.91. The SMILES string of the molecule is CCCNCCCN(C)S(=O)(=O)N(C)Cc1ccoc1. The predicted molar refractivity (Wildman–Crippen MR) is 79.5 cm³/mol. The topological polar surface area (TPSA) is 65.8 Å². The van der Waals surface area contributed by atoms with Gasteiger partial charge in [-0.2, -0.15) is 17.0 Å². The molecule has 0 saturated carbocycles. The summed E-state index contributed by atoms with van der Waals surface area (Å²) in [5.74, 6) is 0. The maximum atomic E-state index is 12.3. The van der Waals surface area contributed by atoms with Crippen molar-refractivity contribution in [1.82, 2.24) is 13.9 Å². The highest BCUT2D eigenvalue weighted by Crippen LogP contribution is 2.10.